The van der Waals surface area contributed by atoms with Crippen LogP contribution in [0.4, 0.5) is 24.8 Å². The predicted molar refractivity (Wildman–Crippen MR) is 131 cm³/mol. The van der Waals surface area contributed by atoms with Gasteiger partial charge in [-0.05, 0) is 36.4 Å². The number of H-pyrrole nitrogens is 3. The summed E-state index contributed by atoms with van der Waals surface area (Å²) in [6.07, 6.45) is -4.87. The summed E-state index contributed by atoms with van der Waals surface area (Å²) in [6, 6.07) is 20.0. The standard InChI is InChI=1S/C25H16F3N7O2/c26-25(27,28)21-15(10-11-17-20(21)24(36)35-33-17)22-29-18(12-19(31-22)37-13-6-2-1-3-7-13)30-23-14-8-4-5-9-16(14)32-34-23/h1-12H,(H2,33,35,36)(H2,29,30,31,32,34). The lowest BCUT2D eigenvalue weighted by molar-refractivity contribution is -0.135. The van der Waals surface area contributed by atoms with Crippen LogP contribution in [0.1, 0.15) is 5.56 Å². The molecule has 0 saturated carbocycles. The smallest absolute Gasteiger partial charge is 0.417 e. The molecule has 0 bridgehead atoms. The number of alkyl halides is 3. The van der Waals surface area contributed by atoms with Crippen molar-refractivity contribution in [3.8, 4) is 23.0 Å². The van der Waals surface area contributed by atoms with Crippen molar-refractivity contribution in [2.24, 2.45) is 0 Å². The Hall–Kier alpha value is -5.13. The monoisotopic (exact) mass is 503 g/mol. The zero-order valence-corrected chi connectivity index (χ0v) is 18.7. The molecule has 0 radical (unpaired) electrons. The van der Waals surface area contributed by atoms with Gasteiger partial charge in [0.2, 0.25) is 5.88 Å². The van der Waals surface area contributed by atoms with E-state index in [1.807, 2.05) is 24.3 Å². The first-order chi connectivity index (χ1) is 17.9. The molecule has 0 aliphatic carbocycles. The first-order valence-electron chi connectivity index (χ1n) is 11.0. The van der Waals surface area contributed by atoms with Gasteiger partial charge in [0.05, 0.1) is 22.0 Å². The number of hydrogen-bond acceptors (Lipinski definition) is 6. The number of nitrogens with one attached hydrogen (secondary N) is 4. The van der Waals surface area contributed by atoms with E-state index in [4.69, 9.17) is 4.74 Å². The average molecular weight is 503 g/mol. The lowest BCUT2D eigenvalue weighted by atomic mass is 10.0. The Balaban J connectivity index is 1.53. The fraction of sp³-hybridized carbons (Fsp3) is 0.0400. The molecule has 6 rings (SSSR count). The van der Waals surface area contributed by atoms with Gasteiger partial charge in [0.25, 0.3) is 5.56 Å². The highest BCUT2D eigenvalue weighted by Gasteiger charge is 2.38. The summed E-state index contributed by atoms with van der Waals surface area (Å²) in [5.74, 6) is 0.695. The minimum absolute atomic E-state index is 0.00487. The van der Waals surface area contributed by atoms with E-state index in [0.29, 0.717) is 11.6 Å². The molecular formula is C25H16F3N7O2. The molecule has 0 aliphatic heterocycles. The molecule has 12 heteroatoms. The SMILES string of the molecule is O=c1[nH][nH]c2ccc(-c3nc(Nc4n[nH]c5ccccc45)cc(Oc4ccccc4)n3)c(C(F)(F)F)c12. The van der Waals surface area contributed by atoms with Crippen LogP contribution >= 0.6 is 0 Å². The van der Waals surface area contributed by atoms with E-state index in [-0.39, 0.29) is 28.6 Å². The summed E-state index contributed by atoms with van der Waals surface area (Å²) >= 11 is 0. The maximum atomic E-state index is 14.3. The summed E-state index contributed by atoms with van der Waals surface area (Å²) in [5, 5.41) is 15.0. The summed E-state index contributed by atoms with van der Waals surface area (Å²) < 4.78 is 48.6. The summed E-state index contributed by atoms with van der Waals surface area (Å²) in [6.45, 7) is 0. The molecule has 3 aromatic heterocycles. The van der Waals surface area contributed by atoms with Gasteiger partial charge in [-0.3, -0.25) is 20.1 Å². The molecule has 3 aromatic carbocycles. The van der Waals surface area contributed by atoms with Gasteiger partial charge in [-0.25, -0.2) is 4.98 Å². The number of anilines is 2. The second-order valence-electron chi connectivity index (χ2n) is 8.06. The van der Waals surface area contributed by atoms with Crippen LogP contribution in [-0.4, -0.2) is 30.4 Å². The minimum Gasteiger partial charge on any atom is -0.439 e. The number of halogens is 3. The van der Waals surface area contributed by atoms with Crippen molar-refractivity contribution in [2.75, 3.05) is 5.32 Å². The van der Waals surface area contributed by atoms with Crippen LogP contribution in [-0.2, 0) is 6.18 Å². The van der Waals surface area contributed by atoms with E-state index in [2.05, 4.69) is 35.7 Å². The average Bonchev–Trinajstić information content (AvgIpc) is 3.47. The maximum absolute atomic E-state index is 14.3. The first kappa shape index (κ1) is 22.3. The summed E-state index contributed by atoms with van der Waals surface area (Å²) in [5.41, 5.74) is -1.66. The van der Waals surface area contributed by atoms with Crippen LogP contribution < -0.4 is 15.6 Å². The van der Waals surface area contributed by atoms with Crippen molar-refractivity contribution in [3.05, 3.63) is 88.7 Å². The van der Waals surface area contributed by atoms with Crippen molar-refractivity contribution >= 4 is 33.4 Å². The Kier molecular flexibility index (Phi) is 5.14. The maximum Gasteiger partial charge on any atom is 0.417 e. The van der Waals surface area contributed by atoms with Crippen molar-refractivity contribution in [2.45, 2.75) is 6.18 Å². The number of para-hydroxylation sites is 2. The Labute approximate surface area is 205 Å². The lowest BCUT2D eigenvalue weighted by Gasteiger charge is -2.15. The summed E-state index contributed by atoms with van der Waals surface area (Å²) in [4.78, 5) is 20.9. The third-order valence-electron chi connectivity index (χ3n) is 5.65. The molecule has 184 valence electrons. The van der Waals surface area contributed by atoms with Gasteiger partial charge in [0.1, 0.15) is 11.6 Å². The lowest BCUT2D eigenvalue weighted by Crippen LogP contribution is -2.13. The molecule has 4 N–H and O–H groups in total. The van der Waals surface area contributed by atoms with Gasteiger partial charge >= 0.3 is 6.18 Å². The molecule has 0 amide bonds. The Bertz CT molecular complexity index is 1810. The van der Waals surface area contributed by atoms with E-state index in [1.165, 1.54) is 18.2 Å². The molecule has 9 nitrogen and oxygen atoms in total. The number of rotatable bonds is 5. The van der Waals surface area contributed by atoms with Crippen LogP contribution in [0.25, 0.3) is 33.2 Å². The van der Waals surface area contributed by atoms with Gasteiger partial charge < -0.3 is 10.1 Å². The minimum atomic E-state index is -4.87. The Morgan fingerprint density at radius 1 is 0.865 bits per heavy atom. The quantitative estimate of drug-likeness (QED) is 0.238. The van der Waals surface area contributed by atoms with Crippen molar-refractivity contribution in [1.82, 2.24) is 30.4 Å². The Morgan fingerprint density at radius 2 is 1.65 bits per heavy atom. The molecule has 0 unspecified atom stereocenters. The topological polar surface area (TPSA) is 124 Å². The van der Waals surface area contributed by atoms with Crippen LogP contribution in [0, 0.1) is 0 Å². The zero-order chi connectivity index (χ0) is 25.6. The Morgan fingerprint density at radius 3 is 2.46 bits per heavy atom. The molecule has 0 atom stereocenters. The highest BCUT2D eigenvalue weighted by molar-refractivity contribution is 5.91. The molecule has 37 heavy (non-hydrogen) atoms. The number of aromatic nitrogens is 6. The van der Waals surface area contributed by atoms with Crippen molar-refractivity contribution in [3.63, 3.8) is 0 Å². The third kappa shape index (κ3) is 4.14. The van der Waals surface area contributed by atoms with Gasteiger partial charge in [0, 0.05) is 17.0 Å². The molecule has 3 heterocycles. The highest BCUT2D eigenvalue weighted by Crippen LogP contribution is 2.40. The number of ether oxygens (including phenoxy) is 1. The highest BCUT2D eigenvalue weighted by atomic mass is 19.4. The van der Waals surface area contributed by atoms with Crippen LogP contribution in [0.2, 0.25) is 0 Å². The van der Waals surface area contributed by atoms with E-state index in [0.717, 1.165) is 10.9 Å². The zero-order valence-electron chi connectivity index (χ0n) is 18.7. The van der Waals surface area contributed by atoms with Crippen LogP contribution in [0.5, 0.6) is 11.6 Å². The fourth-order valence-electron chi connectivity index (χ4n) is 4.06. The van der Waals surface area contributed by atoms with Crippen LogP contribution in [0.3, 0.4) is 0 Å². The first-order valence-corrected chi connectivity index (χ1v) is 11.0. The van der Waals surface area contributed by atoms with Crippen molar-refractivity contribution < 1.29 is 17.9 Å². The van der Waals surface area contributed by atoms with Gasteiger partial charge in [-0.2, -0.15) is 23.3 Å². The molecular weight excluding hydrogens is 487 g/mol. The second kappa shape index (κ2) is 8.52. The largest absolute Gasteiger partial charge is 0.439 e. The number of fused-ring (bicyclic) bond motifs is 2. The molecule has 0 fully saturated rings. The van der Waals surface area contributed by atoms with Gasteiger partial charge in [-0.15, -0.1) is 0 Å². The molecule has 0 saturated heterocycles. The van der Waals surface area contributed by atoms with E-state index in [1.54, 1.807) is 30.3 Å². The molecule has 6 aromatic rings. The fourth-order valence-corrected chi connectivity index (χ4v) is 4.06. The number of aromatic amines is 3. The summed E-state index contributed by atoms with van der Waals surface area (Å²) in [7, 11) is 0. The second-order valence-corrected chi connectivity index (χ2v) is 8.06. The van der Waals surface area contributed by atoms with E-state index < -0.39 is 22.7 Å². The molecule has 0 aliphatic rings. The van der Waals surface area contributed by atoms with Gasteiger partial charge in [-0.1, -0.05) is 30.3 Å². The molecule has 0 spiro atoms. The number of benzene rings is 3. The normalized spacial score (nSPS) is 11.8. The van der Waals surface area contributed by atoms with Gasteiger partial charge in [0.15, 0.2) is 11.6 Å². The third-order valence-corrected chi connectivity index (χ3v) is 5.65. The van der Waals surface area contributed by atoms with Crippen LogP contribution in [0.15, 0.2) is 77.6 Å². The van der Waals surface area contributed by atoms with E-state index in [9.17, 15) is 18.0 Å². The van der Waals surface area contributed by atoms with Crippen molar-refractivity contribution in [1.29, 1.82) is 0 Å². The van der Waals surface area contributed by atoms with E-state index >= 15 is 0 Å². The number of nitrogens with zero attached hydrogens (tertiary/aromatic N) is 3. The number of hydrogen-bond donors (Lipinski definition) is 4. The predicted octanol–water partition coefficient (Wildman–Crippen LogP) is 5.74.